The molecular weight excluding hydrogens is 306 g/mol. The number of carbonyl (C=O) groups is 1. The monoisotopic (exact) mass is 331 g/mol. The average molecular weight is 331 g/mol. The van der Waals surface area contributed by atoms with E-state index in [4.69, 9.17) is 4.74 Å². The van der Waals surface area contributed by atoms with Crippen LogP contribution >= 0.6 is 0 Å². The molecule has 0 spiro atoms. The molecule has 1 fully saturated rings. The highest BCUT2D eigenvalue weighted by Gasteiger charge is 2.34. The number of nitrogens with zero attached hydrogens (tertiary/aromatic N) is 2. The van der Waals surface area contributed by atoms with Gasteiger partial charge in [0.1, 0.15) is 11.9 Å². The maximum atomic E-state index is 12.4. The number of hydrogen-bond acceptors (Lipinski definition) is 4. The van der Waals surface area contributed by atoms with Gasteiger partial charge in [0.25, 0.3) is 0 Å². The summed E-state index contributed by atoms with van der Waals surface area (Å²) in [6, 6.07) is 4.10. The van der Waals surface area contributed by atoms with Gasteiger partial charge in [-0.05, 0) is 38.0 Å². The summed E-state index contributed by atoms with van der Waals surface area (Å²) in [7, 11) is 0. The van der Waals surface area contributed by atoms with Crippen LogP contribution in [0.2, 0.25) is 0 Å². The summed E-state index contributed by atoms with van der Waals surface area (Å²) >= 11 is 0. The van der Waals surface area contributed by atoms with Gasteiger partial charge in [-0.3, -0.25) is 4.79 Å². The number of β-amino-alcohol motifs (C(OH)–C–C–N with tert-alkyl or cyclic N) is 1. The second-order valence-electron chi connectivity index (χ2n) is 6.45. The molecule has 6 heteroatoms. The highest BCUT2D eigenvalue weighted by Crippen LogP contribution is 2.20. The van der Waals surface area contributed by atoms with Crippen molar-refractivity contribution in [3.8, 4) is 0 Å². The van der Waals surface area contributed by atoms with Crippen LogP contribution in [0.1, 0.15) is 30.3 Å². The first-order valence-corrected chi connectivity index (χ1v) is 8.51. The molecular formula is C18H25N3O3. The van der Waals surface area contributed by atoms with Crippen LogP contribution in [-0.4, -0.2) is 57.8 Å². The van der Waals surface area contributed by atoms with Crippen molar-refractivity contribution >= 4 is 16.9 Å². The molecule has 1 aromatic carbocycles. The van der Waals surface area contributed by atoms with Gasteiger partial charge in [-0.1, -0.05) is 6.07 Å². The minimum Gasteiger partial charge on any atom is -0.388 e. The second-order valence-corrected chi connectivity index (χ2v) is 6.45. The Kier molecular flexibility index (Phi) is 4.87. The number of amides is 1. The van der Waals surface area contributed by atoms with Gasteiger partial charge in [0, 0.05) is 32.5 Å². The second kappa shape index (κ2) is 6.91. The van der Waals surface area contributed by atoms with Crippen LogP contribution < -0.4 is 0 Å². The van der Waals surface area contributed by atoms with Crippen LogP contribution in [-0.2, 0) is 16.0 Å². The Hall–Kier alpha value is -1.92. The third kappa shape index (κ3) is 3.30. The standard InChI is InChI=1S/C18H25N3O3/c1-4-24-15-10-21(9-14(15)22)17(23)8-7-16-19-13-6-5-11(2)12(3)18(13)20-16/h5-6,14-15,22H,4,7-10H2,1-3H3,(H,19,20)/t14-,15-/m1/s1. The van der Waals surface area contributed by atoms with Crippen molar-refractivity contribution in [1.29, 1.82) is 0 Å². The average Bonchev–Trinajstić information content (AvgIpc) is 3.14. The molecule has 1 amide bonds. The predicted molar refractivity (Wildman–Crippen MR) is 91.9 cm³/mol. The summed E-state index contributed by atoms with van der Waals surface area (Å²) in [6.07, 6.45) is 0.0860. The predicted octanol–water partition coefficient (Wildman–Crippen LogP) is 1.72. The van der Waals surface area contributed by atoms with Crippen molar-refractivity contribution in [2.45, 2.75) is 45.8 Å². The molecule has 6 nitrogen and oxygen atoms in total. The van der Waals surface area contributed by atoms with Gasteiger partial charge in [0.15, 0.2) is 0 Å². The maximum absolute atomic E-state index is 12.4. The number of rotatable bonds is 5. The highest BCUT2D eigenvalue weighted by molar-refractivity contribution is 5.80. The van der Waals surface area contributed by atoms with Crippen molar-refractivity contribution in [2.24, 2.45) is 0 Å². The van der Waals surface area contributed by atoms with Gasteiger partial charge in [-0.15, -0.1) is 0 Å². The first-order valence-electron chi connectivity index (χ1n) is 8.51. The van der Waals surface area contributed by atoms with Gasteiger partial charge < -0.3 is 19.7 Å². The largest absolute Gasteiger partial charge is 0.388 e. The van der Waals surface area contributed by atoms with E-state index in [1.807, 2.05) is 13.0 Å². The van der Waals surface area contributed by atoms with Crippen LogP contribution in [0.25, 0.3) is 11.0 Å². The normalized spacial score (nSPS) is 20.9. The Morgan fingerprint density at radius 1 is 1.42 bits per heavy atom. The fraction of sp³-hybridized carbons (Fsp3) is 0.556. The third-order valence-electron chi connectivity index (χ3n) is 4.77. The number of aliphatic hydroxyl groups excluding tert-OH is 1. The van der Waals surface area contributed by atoms with Gasteiger partial charge in [0.2, 0.25) is 5.91 Å². The molecule has 24 heavy (non-hydrogen) atoms. The molecule has 3 rings (SSSR count). The first-order chi connectivity index (χ1) is 11.5. The molecule has 2 heterocycles. The van der Waals surface area contributed by atoms with Crippen LogP contribution in [0.5, 0.6) is 0 Å². The van der Waals surface area contributed by atoms with Crippen molar-refractivity contribution in [3.63, 3.8) is 0 Å². The van der Waals surface area contributed by atoms with Crippen molar-refractivity contribution < 1.29 is 14.6 Å². The molecule has 2 aromatic rings. The smallest absolute Gasteiger partial charge is 0.223 e. The zero-order valence-corrected chi connectivity index (χ0v) is 14.5. The Morgan fingerprint density at radius 2 is 2.21 bits per heavy atom. The SMILES string of the molecule is CCO[C@@H]1CN(C(=O)CCc2nc3c(C)c(C)ccc3[nH]2)C[C@H]1O. The van der Waals surface area contributed by atoms with Crippen LogP contribution in [0.15, 0.2) is 12.1 Å². The Balaban J connectivity index is 1.62. The number of aliphatic hydroxyl groups is 1. The molecule has 0 radical (unpaired) electrons. The lowest BCUT2D eigenvalue weighted by molar-refractivity contribution is -0.130. The van der Waals surface area contributed by atoms with Gasteiger partial charge in [-0.2, -0.15) is 0 Å². The molecule has 1 aliphatic heterocycles. The number of likely N-dealkylation sites (tertiary alicyclic amines) is 1. The number of ether oxygens (including phenoxy) is 1. The number of benzene rings is 1. The molecule has 0 unspecified atom stereocenters. The number of imidazole rings is 1. The molecule has 130 valence electrons. The Morgan fingerprint density at radius 3 is 2.96 bits per heavy atom. The Bertz CT molecular complexity index is 740. The topological polar surface area (TPSA) is 78.5 Å². The minimum atomic E-state index is -0.592. The van der Waals surface area contributed by atoms with Crippen molar-refractivity contribution in [3.05, 3.63) is 29.1 Å². The number of aromatic nitrogens is 2. The van der Waals surface area contributed by atoms with E-state index < -0.39 is 6.10 Å². The Labute approximate surface area is 141 Å². The van der Waals surface area contributed by atoms with E-state index >= 15 is 0 Å². The zero-order valence-electron chi connectivity index (χ0n) is 14.5. The number of aryl methyl sites for hydroxylation is 3. The van der Waals surface area contributed by atoms with E-state index in [1.54, 1.807) is 4.90 Å². The zero-order chi connectivity index (χ0) is 17.3. The van der Waals surface area contributed by atoms with E-state index in [2.05, 4.69) is 29.9 Å². The number of H-pyrrole nitrogens is 1. The van der Waals surface area contributed by atoms with E-state index in [-0.39, 0.29) is 12.0 Å². The van der Waals surface area contributed by atoms with Crippen molar-refractivity contribution in [1.82, 2.24) is 14.9 Å². The molecule has 2 atom stereocenters. The molecule has 1 saturated heterocycles. The van der Waals surface area contributed by atoms with Crippen LogP contribution in [0.4, 0.5) is 0 Å². The molecule has 1 aromatic heterocycles. The first kappa shape index (κ1) is 16.9. The highest BCUT2D eigenvalue weighted by atomic mass is 16.5. The van der Waals surface area contributed by atoms with Gasteiger partial charge in [0.05, 0.1) is 17.1 Å². The summed E-state index contributed by atoms with van der Waals surface area (Å²) in [5.74, 6) is 0.859. The van der Waals surface area contributed by atoms with Crippen LogP contribution in [0.3, 0.4) is 0 Å². The molecule has 1 aliphatic rings. The number of aromatic amines is 1. The number of fused-ring (bicyclic) bond motifs is 1. The minimum absolute atomic E-state index is 0.0320. The fourth-order valence-corrected chi connectivity index (χ4v) is 3.20. The summed E-state index contributed by atoms with van der Waals surface area (Å²) in [4.78, 5) is 22.0. The van der Waals surface area contributed by atoms with E-state index in [1.165, 1.54) is 11.1 Å². The lowest BCUT2D eigenvalue weighted by Gasteiger charge is -2.15. The lowest BCUT2D eigenvalue weighted by atomic mass is 10.1. The van der Waals surface area contributed by atoms with E-state index in [0.29, 0.717) is 32.5 Å². The molecule has 0 saturated carbocycles. The fourth-order valence-electron chi connectivity index (χ4n) is 3.20. The molecule has 0 bridgehead atoms. The quantitative estimate of drug-likeness (QED) is 0.874. The lowest BCUT2D eigenvalue weighted by Crippen LogP contribution is -2.30. The molecule has 0 aliphatic carbocycles. The number of hydrogen-bond donors (Lipinski definition) is 2. The van der Waals surface area contributed by atoms with Gasteiger partial charge in [-0.25, -0.2) is 4.98 Å². The third-order valence-corrected chi connectivity index (χ3v) is 4.77. The number of carbonyl (C=O) groups excluding carboxylic acids is 1. The van der Waals surface area contributed by atoms with E-state index in [9.17, 15) is 9.90 Å². The number of nitrogens with one attached hydrogen (secondary N) is 1. The molecule has 2 N–H and O–H groups in total. The van der Waals surface area contributed by atoms with Crippen LogP contribution in [0, 0.1) is 13.8 Å². The van der Waals surface area contributed by atoms with Crippen molar-refractivity contribution in [2.75, 3.05) is 19.7 Å². The summed E-state index contributed by atoms with van der Waals surface area (Å²) in [5, 5.41) is 9.94. The maximum Gasteiger partial charge on any atom is 0.223 e. The van der Waals surface area contributed by atoms with Gasteiger partial charge >= 0.3 is 0 Å². The van der Waals surface area contributed by atoms with E-state index in [0.717, 1.165) is 16.9 Å². The summed E-state index contributed by atoms with van der Waals surface area (Å²) in [5.41, 5.74) is 4.37. The summed E-state index contributed by atoms with van der Waals surface area (Å²) < 4.78 is 5.46. The summed E-state index contributed by atoms with van der Waals surface area (Å²) in [6.45, 7) is 7.38.